The maximum absolute atomic E-state index is 6.45. The van der Waals surface area contributed by atoms with Gasteiger partial charge >= 0.3 is 0 Å². The molecule has 1 unspecified atom stereocenters. The van der Waals surface area contributed by atoms with Crippen molar-refractivity contribution in [3.8, 4) is 23.0 Å². The Balaban J connectivity index is 0.982. The van der Waals surface area contributed by atoms with E-state index in [9.17, 15) is 0 Å². The van der Waals surface area contributed by atoms with Crippen LogP contribution in [0.3, 0.4) is 0 Å². The van der Waals surface area contributed by atoms with Crippen molar-refractivity contribution >= 4 is 11.4 Å². The van der Waals surface area contributed by atoms with Gasteiger partial charge in [-0.25, -0.2) is 0 Å². The zero-order chi connectivity index (χ0) is 35.4. The van der Waals surface area contributed by atoms with E-state index in [2.05, 4.69) is 38.1 Å². The summed E-state index contributed by atoms with van der Waals surface area (Å²) in [7, 11) is 0. The van der Waals surface area contributed by atoms with E-state index >= 15 is 0 Å². The lowest BCUT2D eigenvalue weighted by molar-refractivity contribution is 0.143. The molecule has 0 aliphatic heterocycles. The van der Waals surface area contributed by atoms with Gasteiger partial charge in [0, 0.05) is 16.9 Å². The van der Waals surface area contributed by atoms with Crippen LogP contribution >= 0.6 is 0 Å². The van der Waals surface area contributed by atoms with E-state index in [1.807, 2.05) is 54.6 Å². The van der Waals surface area contributed by atoms with Crippen LogP contribution in [0.1, 0.15) is 129 Å². The first-order valence-electron chi connectivity index (χ1n) is 20.8. The van der Waals surface area contributed by atoms with Crippen molar-refractivity contribution in [3.63, 3.8) is 0 Å². The van der Waals surface area contributed by atoms with Crippen LogP contribution in [0.15, 0.2) is 78.9 Å². The second kappa shape index (κ2) is 18.9. The fraction of sp³-hybridized carbons (Fsp3) is 0.574. The monoisotopic (exact) mass is 691 g/mol. The van der Waals surface area contributed by atoms with Gasteiger partial charge in [0.15, 0.2) is 0 Å². The molecule has 3 aliphatic carbocycles. The van der Waals surface area contributed by atoms with Gasteiger partial charge in [0.05, 0.1) is 0 Å². The molecule has 4 nitrogen and oxygen atoms in total. The molecule has 3 aromatic carbocycles. The van der Waals surface area contributed by atoms with Gasteiger partial charge in [-0.2, -0.15) is 0 Å². The fourth-order valence-electron chi connectivity index (χ4n) is 9.71. The lowest BCUT2D eigenvalue weighted by atomic mass is 9.68. The Morgan fingerprint density at radius 2 is 1.08 bits per heavy atom. The lowest BCUT2D eigenvalue weighted by Crippen LogP contribution is -2.26. The van der Waals surface area contributed by atoms with Crippen LogP contribution in [0.5, 0.6) is 23.0 Å². The quantitative estimate of drug-likeness (QED) is 0.123. The molecule has 4 N–H and O–H groups in total. The summed E-state index contributed by atoms with van der Waals surface area (Å²) >= 11 is 0. The third-order valence-corrected chi connectivity index (χ3v) is 13.0. The Labute approximate surface area is 309 Å². The first kappa shape index (κ1) is 37.4. The minimum Gasteiger partial charge on any atom is -0.457 e. The number of benzene rings is 3. The molecule has 51 heavy (non-hydrogen) atoms. The summed E-state index contributed by atoms with van der Waals surface area (Å²) in [5.74, 6) is 9.48. The maximum atomic E-state index is 6.45. The minimum atomic E-state index is 0.699. The van der Waals surface area contributed by atoms with E-state index in [1.165, 1.54) is 103 Å². The lowest BCUT2D eigenvalue weighted by Gasteiger charge is -2.38. The molecule has 4 heteroatoms. The molecule has 0 bridgehead atoms. The molecule has 3 aromatic rings. The second-order valence-corrected chi connectivity index (χ2v) is 16.5. The first-order chi connectivity index (χ1) is 24.9. The predicted molar refractivity (Wildman–Crippen MR) is 215 cm³/mol. The van der Waals surface area contributed by atoms with Crippen LogP contribution < -0.4 is 20.9 Å². The predicted octanol–water partition coefficient (Wildman–Crippen LogP) is 13.6. The molecular weight excluding hydrogens is 625 g/mol. The largest absolute Gasteiger partial charge is 0.457 e. The van der Waals surface area contributed by atoms with Crippen molar-refractivity contribution in [1.29, 1.82) is 0 Å². The van der Waals surface area contributed by atoms with Crippen LogP contribution in [0.25, 0.3) is 0 Å². The highest BCUT2D eigenvalue weighted by atomic mass is 16.5. The standard InChI is InChI=1S/C47H66N2O2/c1-3-6-35-9-11-36(12-10-35)13-14-37-15-20-39(21-16-37)40-22-17-38(18-23-40)33-34(4-2)19-32-45-46(50-43-28-24-41(48)25-29-43)7-5-8-47(45)51-44-30-26-42(49)27-31-44/h5,7-8,13-14,24-31,34-40H,3-4,6,9-12,15-23,32-33,48-49H2,1-2H3. The summed E-state index contributed by atoms with van der Waals surface area (Å²) in [5, 5.41) is 0. The number of hydrogen-bond acceptors (Lipinski definition) is 4. The van der Waals surface area contributed by atoms with E-state index < -0.39 is 0 Å². The molecule has 0 heterocycles. The average Bonchev–Trinajstić information content (AvgIpc) is 3.16. The van der Waals surface area contributed by atoms with Gasteiger partial charge in [0.25, 0.3) is 0 Å². The Bertz CT molecular complexity index is 1410. The van der Waals surface area contributed by atoms with Crippen molar-refractivity contribution in [1.82, 2.24) is 0 Å². The molecule has 0 radical (unpaired) electrons. The zero-order valence-electron chi connectivity index (χ0n) is 31.7. The molecule has 276 valence electrons. The number of rotatable bonds is 15. The van der Waals surface area contributed by atoms with E-state index in [0.717, 1.165) is 88.3 Å². The molecule has 1 atom stereocenters. The Hall–Kier alpha value is -3.40. The summed E-state index contributed by atoms with van der Waals surface area (Å²) < 4.78 is 12.9. The molecule has 0 aromatic heterocycles. The van der Waals surface area contributed by atoms with E-state index in [1.54, 1.807) is 0 Å². The molecular formula is C47H66N2O2. The van der Waals surface area contributed by atoms with Crippen molar-refractivity contribution in [2.24, 2.45) is 41.4 Å². The third-order valence-electron chi connectivity index (χ3n) is 13.0. The highest BCUT2D eigenvalue weighted by Crippen LogP contribution is 2.44. The number of hydrogen-bond donors (Lipinski definition) is 2. The normalized spacial score (nSPS) is 26.2. The molecule has 3 fully saturated rings. The summed E-state index contributed by atoms with van der Waals surface area (Å²) in [6.07, 6.45) is 30.0. The van der Waals surface area contributed by atoms with Gasteiger partial charge in [-0.05, 0) is 186 Å². The van der Waals surface area contributed by atoms with Crippen LogP contribution in [-0.4, -0.2) is 0 Å². The summed E-state index contributed by atoms with van der Waals surface area (Å²) in [6, 6.07) is 21.4. The highest BCUT2D eigenvalue weighted by molar-refractivity contribution is 5.51. The topological polar surface area (TPSA) is 70.5 Å². The molecule has 3 saturated carbocycles. The molecule has 0 saturated heterocycles. The van der Waals surface area contributed by atoms with E-state index in [-0.39, 0.29) is 0 Å². The number of allylic oxidation sites excluding steroid dienone is 2. The second-order valence-electron chi connectivity index (χ2n) is 16.5. The minimum absolute atomic E-state index is 0.699. The van der Waals surface area contributed by atoms with Crippen molar-refractivity contribution in [3.05, 3.63) is 84.4 Å². The number of anilines is 2. The average molecular weight is 691 g/mol. The molecule has 0 spiro atoms. The van der Waals surface area contributed by atoms with Crippen LogP contribution in [0.2, 0.25) is 0 Å². The SMILES string of the molecule is CCCC1CCC(C=CC2CCC(C3CCC(CC(CC)CCc4c(Oc5ccc(N)cc5)cccc4Oc4ccc(N)cc4)CC3)CC2)CC1. The summed E-state index contributed by atoms with van der Waals surface area (Å²) in [6.45, 7) is 4.72. The highest BCUT2D eigenvalue weighted by Gasteiger charge is 2.31. The maximum Gasteiger partial charge on any atom is 0.134 e. The van der Waals surface area contributed by atoms with E-state index in [0.29, 0.717) is 5.92 Å². The Morgan fingerprint density at radius 1 is 0.608 bits per heavy atom. The van der Waals surface area contributed by atoms with Crippen molar-refractivity contribution < 1.29 is 9.47 Å². The summed E-state index contributed by atoms with van der Waals surface area (Å²) in [5.41, 5.74) is 14.5. The van der Waals surface area contributed by atoms with Gasteiger partial charge in [-0.3, -0.25) is 0 Å². The van der Waals surface area contributed by atoms with Gasteiger partial charge in [-0.15, -0.1) is 0 Å². The van der Waals surface area contributed by atoms with E-state index in [4.69, 9.17) is 20.9 Å². The Kier molecular flexibility index (Phi) is 13.8. The first-order valence-corrected chi connectivity index (χ1v) is 20.8. The fourth-order valence-corrected chi connectivity index (χ4v) is 9.71. The third kappa shape index (κ3) is 11.0. The molecule has 0 amide bonds. The number of nitrogen functional groups attached to an aromatic ring is 2. The molecule has 6 rings (SSSR count). The Morgan fingerprint density at radius 3 is 1.57 bits per heavy atom. The summed E-state index contributed by atoms with van der Waals surface area (Å²) in [4.78, 5) is 0. The van der Waals surface area contributed by atoms with Gasteiger partial charge in [0.2, 0.25) is 0 Å². The van der Waals surface area contributed by atoms with Crippen LogP contribution in [0.4, 0.5) is 11.4 Å². The van der Waals surface area contributed by atoms with Crippen molar-refractivity contribution in [2.45, 2.75) is 129 Å². The smallest absolute Gasteiger partial charge is 0.134 e. The zero-order valence-corrected chi connectivity index (χ0v) is 31.7. The van der Waals surface area contributed by atoms with Crippen LogP contribution in [-0.2, 0) is 6.42 Å². The van der Waals surface area contributed by atoms with Crippen LogP contribution in [0, 0.1) is 41.4 Å². The molecule has 3 aliphatic rings. The van der Waals surface area contributed by atoms with Gasteiger partial charge in [-0.1, -0.05) is 64.2 Å². The van der Waals surface area contributed by atoms with Gasteiger partial charge < -0.3 is 20.9 Å². The van der Waals surface area contributed by atoms with Crippen molar-refractivity contribution in [2.75, 3.05) is 11.5 Å². The number of nitrogens with two attached hydrogens (primary N) is 2. The van der Waals surface area contributed by atoms with Gasteiger partial charge in [0.1, 0.15) is 23.0 Å². The number of ether oxygens (including phenoxy) is 2.